The first kappa shape index (κ1) is 15.3. The largest absolute Gasteiger partial charge is 0.491 e. The van der Waals surface area contributed by atoms with E-state index >= 15 is 0 Å². The van der Waals surface area contributed by atoms with Gasteiger partial charge < -0.3 is 20.5 Å². The molecule has 2 rings (SSSR count). The number of fused-ring (bicyclic) bond motifs is 1. The zero-order valence-electron chi connectivity index (χ0n) is 12.0. The molecule has 3 N–H and O–H groups in total. The Balaban J connectivity index is 1.84. The molecule has 5 nitrogen and oxygen atoms in total. The Labute approximate surface area is 124 Å². The van der Waals surface area contributed by atoms with Gasteiger partial charge in [0.15, 0.2) is 0 Å². The van der Waals surface area contributed by atoms with Gasteiger partial charge in [0.05, 0.1) is 13.2 Å². The maximum Gasteiger partial charge on any atom is 0.239 e. The Bertz CT molecular complexity index is 596. The molecule has 0 aromatic heterocycles. The molecular formula is C16H20N2O3. The molecule has 21 heavy (non-hydrogen) atoms. The second-order valence-electron chi connectivity index (χ2n) is 4.68. The molecule has 1 unspecified atom stereocenters. The number of ether oxygens (including phenoxy) is 2. The topological polar surface area (TPSA) is 73.6 Å². The van der Waals surface area contributed by atoms with Crippen LogP contribution >= 0.6 is 0 Å². The number of hydrogen-bond donors (Lipinski definition) is 2. The predicted molar refractivity (Wildman–Crippen MR) is 82.3 cm³/mol. The molecule has 2 aromatic carbocycles. The van der Waals surface area contributed by atoms with Crippen molar-refractivity contribution in [3.8, 4) is 5.75 Å². The van der Waals surface area contributed by atoms with E-state index in [9.17, 15) is 4.79 Å². The van der Waals surface area contributed by atoms with Gasteiger partial charge in [0.25, 0.3) is 0 Å². The number of nitrogens with one attached hydrogen (secondary N) is 1. The Hall–Kier alpha value is -2.11. The standard InChI is InChI=1S/C16H20N2O3/c1-20-11-14(17)16(19)18-9-10-21-15-8-4-6-12-5-2-3-7-13(12)15/h2-8,14H,9-11,17H2,1H3,(H,18,19). The number of nitrogens with two attached hydrogens (primary N) is 1. The molecule has 5 heteroatoms. The molecule has 2 aromatic rings. The highest BCUT2D eigenvalue weighted by Gasteiger charge is 2.11. The minimum Gasteiger partial charge on any atom is -0.491 e. The van der Waals surface area contributed by atoms with Crippen LogP contribution in [0.25, 0.3) is 10.8 Å². The van der Waals surface area contributed by atoms with Crippen molar-refractivity contribution in [3.05, 3.63) is 42.5 Å². The van der Waals surface area contributed by atoms with E-state index in [1.165, 1.54) is 7.11 Å². The molecular weight excluding hydrogens is 268 g/mol. The lowest BCUT2D eigenvalue weighted by Crippen LogP contribution is -2.44. The molecule has 0 saturated carbocycles. The number of carbonyl (C=O) groups excluding carboxylic acids is 1. The van der Waals surface area contributed by atoms with Crippen LogP contribution in [0.15, 0.2) is 42.5 Å². The van der Waals surface area contributed by atoms with Crippen molar-refractivity contribution in [2.75, 3.05) is 26.9 Å². The van der Waals surface area contributed by atoms with Gasteiger partial charge in [0.1, 0.15) is 18.4 Å². The number of benzene rings is 2. The fourth-order valence-corrected chi connectivity index (χ4v) is 2.04. The van der Waals surface area contributed by atoms with Gasteiger partial charge >= 0.3 is 0 Å². The molecule has 0 aliphatic carbocycles. The van der Waals surface area contributed by atoms with Crippen LogP contribution in [0.4, 0.5) is 0 Å². The van der Waals surface area contributed by atoms with Crippen molar-refractivity contribution in [1.29, 1.82) is 0 Å². The lowest BCUT2D eigenvalue weighted by molar-refractivity contribution is -0.123. The van der Waals surface area contributed by atoms with Crippen molar-refractivity contribution in [3.63, 3.8) is 0 Å². The molecule has 0 radical (unpaired) electrons. The van der Waals surface area contributed by atoms with Crippen LogP contribution in [-0.2, 0) is 9.53 Å². The fraction of sp³-hybridized carbons (Fsp3) is 0.312. The third-order valence-electron chi connectivity index (χ3n) is 3.09. The molecule has 0 aliphatic heterocycles. The molecule has 0 bridgehead atoms. The Morgan fingerprint density at radius 3 is 2.81 bits per heavy atom. The molecule has 0 aliphatic rings. The monoisotopic (exact) mass is 288 g/mol. The van der Waals surface area contributed by atoms with Gasteiger partial charge in [-0.15, -0.1) is 0 Å². The lowest BCUT2D eigenvalue weighted by atomic mass is 10.1. The predicted octanol–water partition coefficient (Wildman–Crippen LogP) is 1.31. The van der Waals surface area contributed by atoms with E-state index < -0.39 is 6.04 Å². The SMILES string of the molecule is COCC(N)C(=O)NCCOc1cccc2ccccc12. The Morgan fingerprint density at radius 2 is 2.00 bits per heavy atom. The summed E-state index contributed by atoms with van der Waals surface area (Å²) in [7, 11) is 1.51. The third kappa shape index (κ3) is 4.18. The molecule has 112 valence electrons. The maximum absolute atomic E-state index is 11.6. The number of carbonyl (C=O) groups is 1. The molecule has 0 fully saturated rings. The maximum atomic E-state index is 11.6. The van der Waals surface area contributed by atoms with Gasteiger partial charge in [0.2, 0.25) is 5.91 Å². The quantitative estimate of drug-likeness (QED) is 0.753. The zero-order chi connectivity index (χ0) is 15.1. The molecule has 1 atom stereocenters. The minimum absolute atomic E-state index is 0.204. The van der Waals surface area contributed by atoms with Crippen LogP contribution in [0.2, 0.25) is 0 Å². The second kappa shape index (κ2) is 7.61. The van der Waals surface area contributed by atoms with Gasteiger partial charge in [-0.1, -0.05) is 36.4 Å². The van der Waals surface area contributed by atoms with E-state index in [0.717, 1.165) is 16.5 Å². The summed E-state index contributed by atoms with van der Waals surface area (Å²) in [5, 5.41) is 4.90. The van der Waals surface area contributed by atoms with Gasteiger partial charge in [-0.2, -0.15) is 0 Å². The summed E-state index contributed by atoms with van der Waals surface area (Å²) in [6, 6.07) is 13.3. The van der Waals surface area contributed by atoms with Crippen molar-refractivity contribution in [2.45, 2.75) is 6.04 Å². The highest BCUT2D eigenvalue weighted by Crippen LogP contribution is 2.24. The van der Waals surface area contributed by atoms with Crippen molar-refractivity contribution < 1.29 is 14.3 Å². The summed E-state index contributed by atoms with van der Waals surface area (Å²) in [6.45, 7) is 0.995. The minimum atomic E-state index is -0.646. The fourth-order valence-electron chi connectivity index (χ4n) is 2.04. The van der Waals surface area contributed by atoms with E-state index in [-0.39, 0.29) is 12.5 Å². The van der Waals surface area contributed by atoms with Gasteiger partial charge in [-0.25, -0.2) is 0 Å². The number of amides is 1. The van der Waals surface area contributed by atoms with E-state index in [1.54, 1.807) is 0 Å². The van der Waals surface area contributed by atoms with Crippen LogP contribution < -0.4 is 15.8 Å². The molecule has 0 heterocycles. The van der Waals surface area contributed by atoms with Gasteiger partial charge in [0, 0.05) is 12.5 Å². The Morgan fingerprint density at radius 1 is 1.24 bits per heavy atom. The summed E-state index contributed by atoms with van der Waals surface area (Å²) >= 11 is 0. The van der Waals surface area contributed by atoms with E-state index in [0.29, 0.717) is 13.2 Å². The summed E-state index contributed by atoms with van der Waals surface area (Å²) in [5.41, 5.74) is 5.62. The first-order chi connectivity index (χ1) is 10.2. The highest BCUT2D eigenvalue weighted by atomic mass is 16.5. The van der Waals surface area contributed by atoms with Gasteiger partial charge in [-0.05, 0) is 11.5 Å². The number of methoxy groups -OCH3 is 1. The van der Waals surface area contributed by atoms with Gasteiger partial charge in [-0.3, -0.25) is 4.79 Å². The van der Waals surface area contributed by atoms with Crippen LogP contribution in [0.5, 0.6) is 5.75 Å². The Kier molecular flexibility index (Phi) is 5.54. The normalized spacial score (nSPS) is 12.1. The van der Waals surface area contributed by atoms with E-state index in [4.69, 9.17) is 15.2 Å². The molecule has 0 saturated heterocycles. The van der Waals surface area contributed by atoms with Crippen LogP contribution in [0, 0.1) is 0 Å². The average Bonchev–Trinajstić information content (AvgIpc) is 2.51. The van der Waals surface area contributed by atoms with Crippen LogP contribution in [0.1, 0.15) is 0 Å². The molecule has 1 amide bonds. The van der Waals surface area contributed by atoms with Crippen molar-refractivity contribution in [1.82, 2.24) is 5.32 Å². The summed E-state index contributed by atoms with van der Waals surface area (Å²) < 4.78 is 10.6. The van der Waals surface area contributed by atoms with E-state index in [1.807, 2.05) is 42.5 Å². The summed E-state index contributed by atoms with van der Waals surface area (Å²) in [4.78, 5) is 11.6. The van der Waals surface area contributed by atoms with Crippen LogP contribution in [-0.4, -0.2) is 38.8 Å². The first-order valence-corrected chi connectivity index (χ1v) is 6.85. The number of rotatable bonds is 7. The van der Waals surface area contributed by atoms with E-state index in [2.05, 4.69) is 5.32 Å². The zero-order valence-corrected chi connectivity index (χ0v) is 12.0. The highest BCUT2D eigenvalue weighted by molar-refractivity contribution is 5.88. The second-order valence-corrected chi connectivity index (χ2v) is 4.68. The van der Waals surface area contributed by atoms with Crippen molar-refractivity contribution in [2.24, 2.45) is 5.73 Å². The third-order valence-corrected chi connectivity index (χ3v) is 3.09. The number of hydrogen-bond acceptors (Lipinski definition) is 4. The lowest BCUT2D eigenvalue weighted by Gasteiger charge is -2.12. The summed E-state index contributed by atoms with van der Waals surface area (Å²) in [6.07, 6.45) is 0. The van der Waals surface area contributed by atoms with Crippen molar-refractivity contribution >= 4 is 16.7 Å². The summed E-state index contributed by atoms with van der Waals surface area (Å²) in [5.74, 6) is 0.571. The first-order valence-electron chi connectivity index (χ1n) is 6.85. The average molecular weight is 288 g/mol. The van der Waals surface area contributed by atoms with Crippen LogP contribution in [0.3, 0.4) is 0 Å². The molecule has 0 spiro atoms. The smallest absolute Gasteiger partial charge is 0.239 e.